The number of thioether (sulfide) groups is 1. The molecule has 0 unspecified atom stereocenters. The van der Waals surface area contributed by atoms with Crippen molar-refractivity contribution in [3.8, 4) is 5.75 Å². The summed E-state index contributed by atoms with van der Waals surface area (Å²) in [5, 5.41) is 10.9. The molecule has 0 atom stereocenters. The number of aliphatic carboxylic acids is 1. The number of carboxylic acid groups (broad SMARTS) is 1. The molecule has 19 heavy (non-hydrogen) atoms. The van der Waals surface area contributed by atoms with Crippen LogP contribution >= 0.6 is 11.8 Å². The summed E-state index contributed by atoms with van der Waals surface area (Å²) in [7, 11) is 1.58. The summed E-state index contributed by atoms with van der Waals surface area (Å²) < 4.78 is 4.36. The van der Waals surface area contributed by atoms with Crippen molar-refractivity contribution >= 4 is 23.6 Å². The van der Waals surface area contributed by atoms with E-state index in [4.69, 9.17) is 9.84 Å². The number of rotatable bonds is 6. The average Bonchev–Trinajstić information content (AvgIpc) is 2.35. The highest BCUT2D eigenvalue weighted by atomic mass is 32.2. The molecule has 0 heterocycles. The predicted molar refractivity (Wildman–Crippen MR) is 73.6 cm³/mol. The third-order valence-electron chi connectivity index (χ3n) is 2.36. The quantitative estimate of drug-likeness (QED) is 0.778. The maximum atomic E-state index is 11.9. The molecule has 0 bridgehead atoms. The molecule has 1 aromatic rings. The average molecular weight is 283 g/mol. The summed E-state index contributed by atoms with van der Waals surface area (Å²) in [5.41, 5.74) is 0. The van der Waals surface area contributed by atoms with Gasteiger partial charge in [0.05, 0.1) is 11.9 Å². The van der Waals surface area contributed by atoms with E-state index in [9.17, 15) is 9.59 Å². The molecule has 1 amide bonds. The Balaban J connectivity index is 2.71. The SMILES string of the molecule is COc1cccc(SC(C)(C)C(=O)NCC(=O)O)c1. The minimum Gasteiger partial charge on any atom is -0.497 e. The third-order valence-corrected chi connectivity index (χ3v) is 3.55. The Morgan fingerprint density at radius 2 is 2.11 bits per heavy atom. The number of carboxylic acids is 1. The highest BCUT2D eigenvalue weighted by molar-refractivity contribution is 8.01. The van der Waals surface area contributed by atoms with Gasteiger partial charge in [0.1, 0.15) is 12.3 Å². The van der Waals surface area contributed by atoms with Crippen molar-refractivity contribution in [2.24, 2.45) is 0 Å². The van der Waals surface area contributed by atoms with E-state index in [2.05, 4.69) is 5.32 Å². The van der Waals surface area contributed by atoms with Gasteiger partial charge in [-0.05, 0) is 32.0 Å². The van der Waals surface area contributed by atoms with E-state index in [1.807, 2.05) is 24.3 Å². The van der Waals surface area contributed by atoms with Crippen molar-refractivity contribution in [3.63, 3.8) is 0 Å². The van der Waals surface area contributed by atoms with Crippen molar-refractivity contribution in [1.82, 2.24) is 5.32 Å². The Hall–Kier alpha value is -1.69. The second-order valence-electron chi connectivity index (χ2n) is 4.37. The van der Waals surface area contributed by atoms with Crippen molar-refractivity contribution < 1.29 is 19.4 Å². The Kier molecular flexibility index (Phi) is 5.23. The first kappa shape index (κ1) is 15.4. The zero-order valence-corrected chi connectivity index (χ0v) is 11.9. The molecule has 0 fully saturated rings. The molecule has 0 aliphatic carbocycles. The van der Waals surface area contributed by atoms with Gasteiger partial charge in [-0.1, -0.05) is 6.07 Å². The van der Waals surface area contributed by atoms with Gasteiger partial charge in [-0.15, -0.1) is 11.8 Å². The first-order valence-electron chi connectivity index (χ1n) is 5.68. The van der Waals surface area contributed by atoms with Crippen molar-refractivity contribution in [3.05, 3.63) is 24.3 Å². The highest BCUT2D eigenvalue weighted by Gasteiger charge is 2.29. The Labute approximate surface area is 116 Å². The van der Waals surface area contributed by atoms with Crippen LogP contribution in [0.3, 0.4) is 0 Å². The van der Waals surface area contributed by atoms with Crippen LogP contribution in [-0.4, -0.2) is 35.4 Å². The number of methoxy groups -OCH3 is 1. The Morgan fingerprint density at radius 3 is 2.68 bits per heavy atom. The van der Waals surface area contributed by atoms with Gasteiger partial charge in [0, 0.05) is 4.90 Å². The number of benzene rings is 1. The molecule has 104 valence electrons. The number of hydrogen-bond donors (Lipinski definition) is 2. The molecule has 6 heteroatoms. The molecule has 2 N–H and O–H groups in total. The van der Waals surface area contributed by atoms with Gasteiger partial charge in [-0.3, -0.25) is 9.59 Å². The summed E-state index contributed by atoms with van der Waals surface area (Å²) in [6.07, 6.45) is 0. The fourth-order valence-corrected chi connectivity index (χ4v) is 2.45. The number of nitrogens with one attached hydrogen (secondary N) is 1. The van der Waals surface area contributed by atoms with Crippen LogP contribution < -0.4 is 10.1 Å². The van der Waals surface area contributed by atoms with Crippen LogP contribution in [0.15, 0.2) is 29.2 Å². The lowest BCUT2D eigenvalue weighted by atomic mass is 10.2. The smallest absolute Gasteiger partial charge is 0.322 e. The van der Waals surface area contributed by atoms with E-state index < -0.39 is 10.7 Å². The summed E-state index contributed by atoms with van der Waals surface area (Å²) in [6.45, 7) is 3.11. The van der Waals surface area contributed by atoms with E-state index in [1.54, 1.807) is 21.0 Å². The van der Waals surface area contributed by atoms with Gasteiger partial charge >= 0.3 is 5.97 Å². The van der Waals surface area contributed by atoms with Gasteiger partial charge in [0.25, 0.3) is 0 Å². The fraction of sp³-hybridized carbons (Fsp3) is 0.385. The van der Waals surface area contributed by atoms with Crippen LogP contribution in [0.4, 0.5) is 0 Å². The number of carbonyl (C=O) groups is 2. The summed E-state index contributed by atoms with van der Waals surface area (Å²) in [6, 6.07) is 7.37. The summed E-state index contributed by atoms with van der Waals surface area (Å²) in [5.74, 6) is -0.662. The maximum absolute atomic E-state index is 11.9. The zero-order chi connectivity index (χ0) is 14.5. The normalized spacial score (nSPS) is 10.9. The molecule has 5 nitrogen and oxygen atoms in total. The summed E-state index contributed by atoms with van der Waals surface area (Å²) >= 11 is 1.35. The van der Waals surface area contributed by atoms with Crippen LogP contribution in [0.5, 0.6) is 5.75 Å². The molecule has 0 saturated heterocycles. The standard InChI is InChI=1S/C13H17NO4S/c1-13(2,12(17)14-8-11(15)16)19-10-6-4-5-9(7-10)18-3/h4-7H,8H2,1-3H3,(H,14,17)(H,15,16). The lowest BCUT2D eigenvalue weighted by Gasteiger charge is -2.22. The minimum atomic E-state index is -1.06. The molecule has 0 saturated carbocycles. The van der Waals surface area contributed by atoms with Crippen LogP contribution in [0.25, 0.3) is 0 Å². The third kappa shape index (κ3) is 4.82. The largest absolute Gasteiger partial charge is 0.497 e. The second kappa shape index (κ2) is 6.47. The first-order valence-corrected chi connectivity index (χ1v) is 6.50. The Bertz CT molecular complexity index is 473. The van der Waals surface area contributed by atoms with Gasteiger partial charge in [0.15, 0.2) is 0 Å². The predicted octanol–water partition coefficient (Wildman–Crippen LogP) is 1.77. The number of hydrogen-bond acceptors (Lipinski definition) is 4. The zero-order valence-electron chi connectivity index (χ0n) is 11.1. The van der Waals surface area contributed by atoms with E-state index >= 15 is 0 Å². The van der Waals surface area contributed by atoms with Crippen molar-refractivity contribution in [2.75, 3.05) is 13.7 Å². The molecule has 1 rings (SSSR count). The molecule has 0 radical (unpaired) electrons. The highest BCUT2D eigenvalue weighted by Crippen LogP contribution is 2.34. The van der Waals surface area contributed by atoms with Gasteiger partial charge in [-0.25, -0.2) is 0 Å². The van der Waals surface area contributed by atoms with E-state index in [0.29, 0.717) is 5.75 Å². The Morgan fingerprint density at radius 1 is 1.42 bits per heavy atom. The number of amides is 1. The monoisotopic (exact) mass is 283 g/mol. The maximum Gasteiger partial charge on any atom is 0.322 e. The lowest BCUT2D eigenvalue weighted by molar-refractivity contribution is -0.138. The van der Waals surface area contributed by atoms with Gasteiger partial charge in [0.2, 0.25) is 5.91 Å². The van der Waals surface area contributed by atoms with Crippen LogP contribution in [0, 0.1) is 0 Å². The number of carbonyl (C=O) groups excluding carboxylic acids is 1. The molecular formula is C13H17NO4S. The van der Waals surface area contributed by atoms with Crippen LogP contribution in [0.2, 0.25) is 0 Å². The molecule has 0 aliphatic heterocycles. The van der Waals surface area contributed by atoms with Crippen LogP contribution in [0.1, 0.15) is 13.8 Å². The molecular weight excluding hydrogens is 266 g/mol. The number of ether oxygens (including phenoxy) is 1. The molecule has 0 spiro atoms. The first-order chi connectivity index (χ1) is 8.85. The van der Waals surface area contributed by atoms with Crippen LogP contribution in [-0.2, 0) is 9.59 Å². The van der Waals surface area contributed by atoms with Crippen molar-refractivity contribution in [1.29, 1.82) is 0 Å². The molecule has 0 aromatic heterocycles. The fourth-order valence-electron chi connectivity index (χ4n) is 1.37. The lowest BCUT2D eigenvalue weighted by Crippen LogP contribution is -2.41. The van der Waals surface area contributed by atoms with Crippen molar-refractivity contribution in [2.45, 2.75) is 23.5 Å². The van der Waals surface area contributed by atoms with E-state index in [1.165, 1.54) is 11.8 Å². The van der Waals surface area contributed by atoms with Gasteiger partial charge in [-0.2, -0.15) is 0 Å². The second-order valence-corrected chi connectivity index (χ2v) is 6.06. The topological polar surface area (TPSA) is 75.6 Å². The van der Waals surface area contributed by atoms with E-state index in [-0.39, 0.29) is 12.5 Å². The van der Waals surface area contributed by atoms with Gasteiger partial charge < -0.3 is 15.2 Å². The minimum absolute atomic E-state index is 0.317. The molecule has 1 aromatic carbocycles. The van der Waals surface area contributed by atoms with E-state index in [0.717, 1.165) is 4.90 Å². The molecule has 0 aliphatic rings. The summed E-state index contributed by atoms with van der Waals surface area (Å²) in [4.78, 5) is 23.2.